The number of rotatable bonds is 3. The quantitative estimate of drug-likeness (QED) is 0.550. The minimum absolute atomic E-state index is 0.207. The van der Waals surface area contributed by atoms with Gasteiger partial charge in [-0.1, -0.05) is 22.5 Å². The van der Waals surface area contributed by atoms with Crippen LogP contribution in [0.25, 0.3) is 23.0 Å². The third kappa shape index (κ3) is 2.61. The van der Waals surface area contributed by atoms with Gasteiger partial charge in [-0.15, -0.1) is 5.10 Å². The molecule has 1 aliphatic rings. The molecule has 0 bridgehead atoms. The zero-order chi connectivity index (χ0) is 17.5. The third-order valence-electron chi connectivity index (χ3n) is 4.25. The first-order chi connectivity index (χ1) is 12.8. The molecule has 4 aromatic rings. The van der Waals surface area contributed by atoms with Gasteiger partial charge < -0.3 is 9.26 Å². The second-order valence-corrected chi connectivity index (χ2v) is 6.63. The van der Waals surface area contributed by atoms with Crippen LogP contribution in [-0.2, 0) is 17.9 Å². The van der Waals surface area contributed by atoms with Gasteiger partial charge in [0.15, 0.2) is 5.69 Å². The first kappa shape index (κ1) is 15.4. The molecule has 0 N–H and O–H groups in total. The third-order valence-corrected chi connectivity index (χ3v) is 4.93. The van der Waals surface area contributed by atoms with E-state index in [-0.39, 0.29) is 11.9 Å². The highest BCUT2D eigenvalue weighted by atomic mass is 32.1. The molecule has 0 aliphatic carbocycles. The first-order valence-corrected chi connectivity index (χ1v) is 8.88. The topological polar surface area (TPSA) is 78.9 Å². The molecular formula is C17H12FN5O2S. The molecule has 1 atom stereocenters. The van der Waals surface area contributed by atoms with Crippen molar-refractivity contribution in [2.45, 2.75) is 19.3 Å². The Balaban J connectivity index is 1.42. The van der Waals surface area contributed by atoms with Crippen LogP contribution in [0.4, 0.5) is 4.39 Å². The van der Waals surface area contributed by atoms with Crippen molar-refractivity contribution in [1.82, 2.24) is 25.1 Å². The van der Waals surface area contributed by atoms with Gasteiger partial charge in [0, 0.05) is 10.9 Å². The van der Waals surface area contributed by atoms with Crippen molar-refractivity contribution in [3.63, 3.8) is 0 Å². The SMILES string of the molecule is Fc1ccc([C@@H]2Cn3nnc(-c4nc(-c5ccsc5)no4)c3CO2)cc1. The van der Waals surface area contributed by atoms with Gasteiger partial charge >= 0.3 is 0 Å². The van der Waals surface area contributed by atoms with E-state index in [2.05, 4.69) is 20.5 Å². The van der Waals surface area contributed by atoms with Gasteiger partial charge in [0.2, 0.25) is 5.82 Å². The van der Waals surface area contributed by atoms with Crippen LogP contribution in [0, 0.1) is 5.82 Å². The minimum atomic E-state index is -0.272. The van der Waals surface area contributed by atoms with Crippen molar-refractivity contribution in [2.75, 3.05) is 0 Å². The zero-order valence-electron chi connectivity index (χ0n) is 13.4. The van der Waals surface area contributed by atoms with Gasteiger partial charge in [-0.05, 0) is 29.1 Å². The number of nitrogens with zero attached hydrogens (tertiary/aromatic N) is 5. The summed E-state index contributed by atoms with van der Waals surface area (Å²) in [4.78, 5) is 4.41. The van der Waals surface area contributed by atoms with E-state index in [0.29, 0.717) is 30.6 Å². The fraction of sp³-hybridized carbons (Fsp3) is 0.176. The predicted octanol–water partition coefficient (Wildman–Crippen LogP) is 3.47. The Morgan fingerprint density at radius 2 is 2.08 bits per heavy atom. The van der Waals surface area contributed by atoms with Crippen LogP contribution in [0.15, 0.2) is 45.6 Å². The molecule has 0 spiro atoms. The first-order valence-electron chi connectivity index (χ1n) is 7.94. The summed E-state index contributed by atoms with van der Waals surface area (Å²) in [6.45, 7) is 0.792. The number of ether oxygens (including phenoxy) is 1. The fourth-order valence-electron chi connectivity index (χ4n) is 2.89. The molecule has 0 saturated carbocycles. The number of benzene rings is 1. The van der Waals surface area contributed by atoms with E-state index in [1.807, 2.05) is 16.8 Å². The maximum Gasteiger partial charge on any atom is 0.280 e. The second kappa shape index (κ2) is 6.11. The van der Waals surface area contributed by atoms with Crippen LogP contribution < -0.4 is 0 Å². The summed E-state index contributed by atoms with van der Waals surface area (Å²) >= 11 is 1.57. The van der Waals surface area contributed by atoms with E-state index < -0.39 is 0 Å². The molecule has 4 heterocycles. The van der Waals surface area contributed by atoms with Crippen LogP contribution >= 0.6 is 11.3 Å². The van der Waals surface area contributed by atoms with Crippen LogP contribution in [0.1, 0.15) is 17.4 Å². The minimum Gasteiger partial charge on any atom is -0.365 e. The largest absolute Gasteiger partial charge is 0.365 e. The summed E-state index contributed by atoms with van der Waals surface area (Å²) in [7, 11) is 0. The molecule has 0 unspecified atom stereocenters. The summed E-state index contributed by atoms with van der Waals surface area (Å²) in [5.41, 5.74) is 3.10. The van der Waals surface area contributed by atoms with Crippen LogP contribution in [0.2, 0.25) is 0 Å². The second-order valence-electron chi connectivity index (χ2n) is 5.85. The van der Waals surface area contributed by atoms with E-state index in [9.17, 15) is 4.39 Å². The highest BCUT2D eigenvalue weighted by molar-refractivity contribution is 7.08. The van der Waals surface area contributed by atoms with Crippen molar-refractivity contribution < 1.29 is 13.7 Å². The van der Waals surface area contributed by atoms with E-state index in [1.54, 1.807) is 28.2 Å². The summed E-state index contributed by atoms with van der Waals surface area (Å²) in [5.74, 6) is 0.561. The van der Waals surface area contributed by atoms with Crippen molar-refractivity contribution >= 4 is 11.3 Å². The molecule has 0 radical (unpaired) electrons. The van der Waals surface area contributed by atoms with Crippen molar-refractivity contribution in [3.8, 4) is 23.0 Å². The van der Waals surface area contributed by atoms with Crippen LogP contribution in [0.3, 0.4) is 0 Å². The van der Waals surface area contributed by atoms with Crippen molar-refractivity contribution in [1.29, 1.82) is 0 Å². The summed E-state index contributed by atoms with van der Waals surface area (Å²) in [6.07, 6.45) is -0.207. The number of hydrogen-bond donors (Lipinski definition) is 0. The lowest BCUT2D eigenvalue weighted by Crippen LogP contribution is -2.22. The highest BCUT2D eigenvalue weighted by Gasteiger charge is 2.28. The monoisotopic (exact) mass is 369 g/mol. The van der Waals surface area contributed by atoms with Gasteiger partial charge in [-0.25, -0.2) is 9.07 Å². The van der Waals surface area contributed by atoms with E-state index in [0.717, 1.165) is 16.8 Å². The number of halogens is 1. The Labute approximate surface area is 151 Å². The molecule has 130 valence electrons. The smallest absolute Gasteiger partial charge is 0.280 e. The van der Waals surface area contributed by atoms with E-state index in [4.69, 9.17) is 9.26 Å². The molecule has 3 aromatic heterocycles. The Morgan fingerprint density at radius 1 is 1.19 bits per heavy atom. The van der Waals surface area contributed by atoms with Crippen molar-refractivity contribution in [2.24, 2.45) is 0 Å². The molecule has 1 aliphatic heterocycles. The van der Waals surface area contributed by atoms with Crippen LogP contribution in [-0.4, -0.2) is 25.1 Å². The number of fused-ring (bicyclic) bond motifs is 1. The van der Waals surface area contributed by atoms with Gasteiger partial charge in [-0.3, -0.25) is 0 Å². The average molecular weight is 369 g/mol. The molecule has 0 saturated heterocycles. The fourth-order valence-corrected chi connectivity index (χ4v) is 3.52. The van der Waals surface area contributed by atoms with Gasteiger partial charge in [-0.2, -0.15) is 16.3 Å². The lowest BCUT2D eigenvalue weighted by atomic mass is 10.1. The van der Waals surface area contributed by atoms with Gasteiger partial charge in [0.1, 0.15) is 11.9 Å². The number of thiophene rings is 1. The molecule has 7 nitrogen and oxygen atoms in total. The Hall–Kier alpha value is -2.91. The molecule has 9 heteroatoms. The average Bonchev–Trinajstić information content (AvgIpc) is 3.41. The molecule has 0 amide bonds. The molecular weight excluding hydrogens is 357 g/mol. The number of aromatic nitrogens is 5. The lowest BCUT2D eigenvalue weighted by Gasteiger charge is -2.24. The Morgan fingerprint density at radius 3 is 2.88 bits per heavy atom. The molecule has 0 fully saturated rings. The van der Waals surface area contributed by atoms with E-state index >= 15 is 0 Å². The summed E-state index contributed by atoms with van der Waals surface area (Å²) < 4.78 is 26.1. The molecule has 5 rings (SSSR count). The van der Waals surface area contributed by atoms with Gasteiger partial charge in [0.25, 0.3) is 5.89 Å². The maximum absolute atomic E-state index is 13.1. The summed E-state index contributed by atoms with van der Waals surface area (Å²) in [6, 6.07) is 8.20. The number of hydrogen-bond acceptors (Lipinski definition) is 7. The van der Waals surface area contributed by atoms with Gasteiger partial charge in [0.05, 0.1) is 18.8 Å². The molecule has 1 aromatic carbocycles. The highest BCUT2D eigenvalue weighted by Crippen LogP contribution is 2.31. The normalized spacial score (nSPS) is 16.6. The Bertz CT molecular complexity index is 1040. The van der Waals surface area contributed by atoms with Crippen LogP contribution in [0.5, 0.6) is 0 Å². The molecule has 26 heavy (non-hydrogen) atoms. The standard InChI is InChI=1S/C17H12FN5O2S/c18-12-3-1-10(2-4-12)14-7-23-13(8-24-14)15(20-22-23)17-19-16(21-25-17)11-5-6-26-9-11/h1-6,9,14H,7-8H2/t14-/m0/s1. The van der Waals surface area contributed by atoms with E-state index in [1.165, 1.54) is 12.1 Å². The lowest BCUT2D eigenvalue weighted by molar-refractivity contribution is -0.00120. The zero-order valence-corrected chi connectivity index (χ0v) is 14.2. The summed E-state index contributed by atoms with van der Waals surface area (Å²) in [5, 5.41) is 16.3. The maximum atomic E-state index is 13.1. The Kier molecular flexibility index (Phi) is 3.61. The van der Waals surface area contributed by atoms with Crippen molar-refractivity contribution in [3.05, 3.63) is 58.2 Å². The predicted molar refractivity (Wildman–Crippen MR) is 90.6 cm³/mol.